The van der Waals surface area contributed by atoms with Gasteiger partial charge in [-0.25, -0.2) is 8.42 Å². The number of anilines is 2. The molecular weight excluding hydrogens is 440 g/mol. The summed E-state index contributed by atoms with van der Waals surface area (Å²) in [5.74, 6) is -0.400. The van der Waals surface area contributed by atoms with Crippen LogP contribution in [0.1, 0.15) is 15.9 Å². The number of hydrogen-bond donors (Lipinski definition) is 1. The zero-order valence-electron chi connectivity index (χ0n) is 16.1. The van der Waals surface area contributed by atoms with Crippen LogP contribution in [-0.4, -0.2) is 27.1 Å². The number of nitrogens with one attached hydrogen (secondary N) is 1. The number of carbonyl (C=O) groups excluding carboxylic acids is 1. The molecule has 0 spiro atoms. The summed E-state index contributed by atoms with van der Waals surface area (Å²) in [6.07, 6.45) is 2.59. The molecule has 0 unspecified atom stereocenters. The van der Waals surface area contributed by atoms with Crippen LogP contribution in [0.25, 0.3) is 0 Å². The summed E-state index contributed by atoms with van der Waals surface area (Å²) >= 11 is 7.82. The van der Waals surface area contributed by atoms with Gasteiger partial charge in [-0.1, -0.05) is 35.9 Å². The largest absolute Gasteiger partial charge is 0.322 e. The maximum atomic E-state index is 13.3. The van der Waals surface area contributed by atoms with Gasteiger partial charge in [0.05, 0.1) is 10.7 Å². The zero-order valence-corrected chi connectivity index (χ0v) is 18.5. The van der Waals surface area contributed by atoms with Crippen molar-refractivity contribution >= 4 is 50.7 Å². The Balaban J connectivity index is 1.66. The van der Waals surface area contributed by atoms with Crippen LogP contribution in [0.5, 0.6) is 0 Å². The first-order valence-electron chi connectivity index (χ1n) is 9.26. The van der Waals surface area contributed by atoms with Crippen LogP contribution >= 0.6 is 23.4 Å². The number of amides is 1. The number of hydrogen-bond acceptors (Lipinski definition) is 4. The summed E-state index contributed by atoms with van der Waals surface area (Å²) in [4.78, 5) is 13.7. The van der Waals surface area contributed by atoms with Gasteiger partial charge in [-0.05, 0) is 60.7 Å². The maximum Gasteiger partial charge on any atom is 0.265 e. The van der Waals surface area contributed by atoms with Gasteiger partial charge in [0.2, 0.25) is 0 Å². The average molecular weight is 459 g/mol. The molecule has 1 N–H and O–H groups in total. The number of rotatable bonds is 5. The Morgan fingerprint density at radius 3 is 2.67 bits per heavy atom. The zero-order chi connectivity index (χ0) is 21.3. The molecule has 8 heteroatoms. The molecule has 1 amide bonds. The molecule has 3 aromatic rings. The van der Waals surface area contributed by atoms with Gasteiger partial charge in [0.15, 0.2) is 0 Å². The van der Waals surface area contributed by atoms with E-state index >= 15 is 0 Å². The first-order valence-corrected chi connectivity index (χ1v) is 12.3. The lowest BCUT2D eigenvalue weighted by Gasteiger charge is -2.20. The Labute approximate surface area is 185 Å². The van der Waals surface area contributed by atoms with E-state index in [4.69, 9.17) is 11.6 Å². The summed E-state index contributed by atoms with van der Waals surface area (Å²) in [6, 6.07) is 19.1. The molecule has 0 aliphatic carbocycles. The van der Waals surface area contributed by atoms with Crippen LogP contribution in [0, 0.1) is 0 Å². The fourth-order valence-electron chi connectivity index (χ4n) is 3.42. The summed E-state index contributed by atoms with van der Waals surface area (Å²) in [5, 5.41) is 2.90. The minimum atomic E-state index is -3.90. The molecule has 5 nitrogen and oxygen atoms in total. The van der Waals surface area contributed by atoms with Gasteiger partial charge >= 0.3 is 0 Å². The number of thioether (sulfide) groups is 1. The van der Waals surface area contributed by atoms with Crippen molar-refractivity contribution in [3.63, 3.8) is 0 Å². The van der Waals surface area contributed by atoms with E-state index in [1.165, 1.54) is 22.5 Å². The van der Waals surface area contributed by atoms with E-state index in [9.17, 15) is 13.2 Å². The molecule has 1 heterocycles. The predicted octanol–water partition coefficient (Wildman–Crippen LogP) is 5.07. The van der Waals surface area contributed by atoms with Crippen molar-refractivity contribution in [3.05, 3.63) is 82.9 Å². The van der Waals surface area contributed by atoms with E-state index in [0.717, 1.165) is 10.5 Å². The Kier molecular flexibility index (Phi) is 5.77. The van der Waals surface area contributed by atoms with Crippen molar-refractivity contribution in [1.29, 1.82) is 0 Å². The molecule has 154 valence electrons. The van der Waals surface area contributed by atoms with Crippen molar-refractivity contribution < 1.29 is 13.2 Å². The van der Waals surface area contributed by atoms with Crippen molar-refractivity contribution in [2.24, 2.45) is 0 Å². The first kappa shape index (κ1) is 20.8. The predicted molar refractivity (Wildman–Crippen MR) is 122 cm³/mol. The SMILES string of the molecule is CSc1cccc(NC(=O)c2ccc(Cl)c(S(=O)(=O)N3CCc4ccccc43)c2)c1. The number of fused-ring (bicyclic) bond motifs is 1. The summed E-state index contributed by atoms with van der Waals surface area (Å²) in [7, 11) is -3.90. The minimum Gasteiger partial charge on any atom is -0.322 e. The quantitative estimate of drug-likeness (QED) is 0.542. The highest BCUT2D eigenvalue weighted by atomic mass is 35.5. The second kappa shape index (κ2) is 8.34. The van der Waals surface area contributed by atoms with Crippen molar-refractivity contribution in [1.82, 2.24) is 0 Å². The second-order valence-electron chi connectivity index (χ2n) is 6.79. The number of para-hydroxylation sites is 1. The molecule has 4 rings (SSSR count). The van der Waals surface area contributed by atoms with Crippen LogP contribution in [0.15, 0.2) is 76.5 Å². The van der Waals surface area contributed by atoms with Crippen molar-refractivity contribution in [2.45, 2.75) is 16.2 Å². The lowest BCUT2D eigenvalue weighted by molar-refractivity contribution is 0.102. The minimum absolute atomic E-state index is 0.0774. The van der Waals surface area contributed by atoms with E-state index < -0.39 is 15.9 Å². The standard InChI is InChI=1S/C22H19ClN2O3S2/c1-29-18-7-4-6-17(14-18)24-22(26)16-9-10-19(23)21(13-16)30(27,28)25-12-11-15-5-2-3-8-20(15)25/h2-10,13-14H,11-12H2,1H3,(H,24,26). The van der Waals surface area contributed by atoms with Crippen molar-refractivity contribution in [3.8, 4) is 0 Å². The van der Waals surface area contributed by atoms with Crippen LogP contribution in [0.3, 0.4) is 0 Å². The van der Waals surface area contributed by atoms with Gasteiger partial charge < -0.3 is 5.32 Å². The van der Waals surface area contributed by atoms with E-state index in [1.54, 1.807) is 30.0 Å². The van der Waals surface area contributed by atoms with Crippen molar-refractivity contribution in [2.75, 3.05) is 22.4 Å². The Morgan fingerprint density at radius 1 is 1.07 bits per heavy atom. The smallest absolute Gasteiger partial charge is 0.265 e. The van der Waals surface area contributed by atoms with Gasteiger partial charge in [0.25, 0.3) is 15.9 Å². The fourth-order valence-corrected chi connectivity index (χ4v) is 5.89. The average Bonchev–Trinajstić information content (AvgIpc) is 3.19. The third kappa shape index (κ3) is 3.93. The van der Waals surface area contributed by atoms with Crippen LogP contribution in [0.4, 0.5) is 11.4 Å². The molecule has 0 aromatic heterocycles. The second-order valence-corrected chi connectivity index (χ2v) is 9.90. The summed E-state index contributed by atoms with van der Waals surface area (Å²) in [6.45, 7) is 0.343. The Bertz CT molecular complexity index is 1230. The lowest BCUT2D eigenvalue weighted by Crippen LogP contribution is -2.29. The highest BCUT2D eigenvalue weighted by molar-refractivity contribution is 7.98. The van der Waals surface area contributed by atoms with Gasteiger partial charge in [-0.15, -0.1) is 11.8 Å². The number of halogens is 1. The normalized spacial score (nSPS) is 13.2. The Morgan fingerprint density at radius 2 is 1.87 bits per heavy atom. The summed E-state index contributed by atoms with van der Waals surface area (Å²) < 4.78 is 28.0. The van der Waals surface area contributed by atoms with Crippen LogP contribution in [-0.2, 0) is 16.4 Å². The molecule has 0 atom stereocenters. The molecule has 0 fully saturated rings. The third-order valence-electron chi connectivity index (χ3n) is 4.93. The molecule has 30 heavy (non-hydrogen) atoms. The van der Waals surface area contributed by atoms with E-state index in [1.807, 2.05) is 36.6 Å². The molecule has 0 saturated heterocycles. The molecule has 0 bridgehead atoms. The molecule has 0 saturated carbocycles. The third-order valence-corrected chi connectivity index (χ3v) is 7.95. The van der Waals surface area contributed by atoms with Gasteiger partial charge in [-0.3, -0.25) is 9.10 Å². The number of sulfonamides is 1. The lowest BCUT2D eigenvalue weighted by atomic mass is 10.2. The molecule has 0 radical (unpaired) electrons. The topological polar surface area (TPSA) is 66.5 Å². The fraction of sp³-hybridized carbons (Fsp3) is 0.136. The molecule has 3 aromatic carbocycles. The molecular formula is C22H19ClN2O3S2. The first-order chi connectivity index (χ1) is 14.4. The van der Waals surface area contributed by atoms with Gasteiger partial charge in [0, 0.05) is 22.7 Å². The monoisotopic (exact) mass is 458 g/mol. The molecule has 1 aliphatic rings. The van der Waals surface area contributed by atoms with Gasteiger partial charge in [0.1, 0.15) is 4.90 Å². The highest BCUT2D eigenvalue weighted by Gasteiger charge is 2.32. The highest BCUT2D eigenvalue weighted by Crippen LogP contribution is 2.35. The number of carbonyl (C=O) groups is 1. The maximum absolute atomic E-state index is 13.3. The van der Waals surface area contributed by atoms with Gasteiger partial charge in [-0.2, -0.15) is 0 Å². The van der Waals surface area contributed by atoms with Crippen LogP contribution in [0.2, 0.25) is 5.02 Å². The molecule has 1 aliphatic heterocycles. The van der Waals surface area contributed by atoms with E-state index in [2.05, 4.69) is 5.32 Å². The van der Waals surface area contributed by atoms with E-state index in [-0.39, 0.29) is 15.5 Å². The number of nitrogens with zero attached hydrogens (tertiary/aromatic N) is 1. The Hall–Kier alpha value is -2.48. The van der Waals surface area contributed by atoms with Crippen LogP contribution < -0.4 is 9.62 Å². The van der Waals surface area contributed by atoms with E-state index in [0.29, 0.717) is 24.3 Å². The summed E-state index contributed by atoms with van der Waals surface area (Å²) in [5.41, 5.74) is 2.48. The number of benzene rings is 3.